The first kappa shape index (κ1) is 12.6. The van der Waals surface area contributed by atoms with Crippen LogP contribution >= 0.6 is 0 Å². The van der Waals surface area contributed by atoms with Crippen molar-refractivity contribution < 1.29 is 4.74 Å². The highest BCUT2D eigenvalue weighted by molar-refractivity contribution is 5.37. The molecule has 3 fully saturated rings. The molecule has 4 rings (SSSR count). The van der Waals surface area contributed by atoms with Crippen LogP contribution in [0.25, 0.3) is 0 Å². The molecule has 2 unspecified atom stereocenters. The van der Waals surface area contributed by atoms with Crippen LogP contribution in [-0.4, -0.2) is 41.1 Å². The van der Waals surface area contributed by atoms with Crippen molar-refractivity contribution >= 4 is 5.95 Å². The average Bonchev–Trinajstić information content (AvgIpc) is 3.08. The molecular weight excluding hydrogens is 252 g/mol. The van der Waals surface area contributed by atoms with E-state index < -0.39 is 0 Å². The average molecular weight is 276 g/mol. The lowest BCUT2D eigenvalue weighted by molar-refractivity contribution is 0.185. The van der Waals surface area contributed by atoms with E-state index in [4.69, 9.17) is 4.74 Å². The van der Waals surface area contributed by atoms with Crippen molar-refractivity contribution in [3.63, 3.8) is 0 Å². The van der Waals surface area contributed by atoms with Crippen LogP contribution in [-0.2, 0) is 11.3 Å². The van der Waals surface area contributed by atoms with Gasteiger partial charge in [-0.05, 0) is 38.0 Å². The van der Waals surface area contributed by atoms with Crippen molar-refractivity contribution in [2.45, 2.75) is 57.0 Å². The number of piperidine rings is 1. The van der Waals surface area contributed by atoms with Crippen molar-refractivity contribution in [3.05, 3.63) is 5.82 Å². The Kier molecular flexibility index (Phi) is 3.17. The van der Waals surface area contributed by atoms with Gasteiger partial charge in [-0.25, -0.2) is 0 Å². The highest BCUT2D eigenvalue weighted by Gasteiger charge is 2.40. The second-order valence-electron chi connectivity index (χ2n) is 6.62. The van der Waals surface area contributed by atoms with Gasteiger partial charge < -0.3 is 9.64 Å². The maximum Gasteiger partial charge on any atom is 0.227 e. The third-order valence-electron chi connectivity index (χ3n) is 5.42. The van der Waals surface area contributed by atoms with Crippen LogP contribution in [0.3, 0.4) is 0 Å². The molecular formula is C15H24N4O. The van der Waals surface area contributed by atoms with E-state index in [2.05, 4.69) is 19.7 Å². The Hall–Kier alpha value is -1.10. The van der Waals surface area contributed by atoms with E-state index in [0.29, 0.717) is 12.0 Å². The summed E-state index contributed by atoms with van der Waals surface area (Å²) in [5.41, 5.74) is 0. The largest absolute Gasteiger partial charge is 0.383 e. The molecule has 2 aliphatic carbocycles. The number of methoxy groups -OCH3 is 1. The molecule has 1 aromatic rings. The van der Waals surface area contributed by atoms with E-state index in [1.54, 1.807) is 7.11 Å². The Bertz CT molecular complexity index is 482. The molecule has 1 aliphatic heterocycles. The molecule has 5 heteroatoms. The minimum absolute atomic E-state index is 0.632. The van der Waals surface area contributed by atoms with Gasteiger partial charge in [0.15, 0.2) is 0 Å². The minimum atomic E-state index is 0.632. The summed E-state index contributed by atoms with van der Waals surface area (Å²) in [6.45, 7) is 2.81. The zero-order valence-electron chi connectivity index (χ0n) is 12.3. The van der Waals surface area contributed by atoms with Gasteiger partial charge in [-0.3, -0.25) is 4.57 Å². The monoisotopic (exact) mass is 276 g/mol. The summed E-state index contributed by atoms with van der Waals surface area (Å²) in [5, 5.41) is 9.09. The van der Waals surface area contributed by atoms with Crippen LogP contribution in [0.5, 0.6) is 0 Å². The number of rotatable bonds is 5. The van der Waals surface area contributed by atoms with Crippen LogP contribution in [0.2, 0.25) is 0 Å². The van der Waals surface area contributed by atoms with E-state index in [1.807, 2.05) is 0 Å². The molecule has 2 saturated carbocycles. The lowest BCUT2D eigenvalue weighted by Gasteiger charge is -2.30. The summed E-state index contributed by atoms with van der Waals surface area (Å²) in [5.74, 6) is 3.83. The normalized spacial score (nSPS) is 29.1. The molecule has 0 spiro atoms. The van der Waals surface area contributed by atoms with Gasteiger partial charge in [0.1, 0.15) is 5.82 Å². The summed E-state index contributed by atoms with van der Waals surface area (Å²) in [4.78, 5) is 2.51. The minimum Gasteiger partial charge on any atom is -0.383 e. The van der Waals surface area contributed by atoms with Crippen LogP contribution in [0, 0.1) is 5.92 Å². The van der Waals surface area contributed by atoms with E-state index in [0.717, 1.165) is 25.0 Å². The summed E-state index contributed by atoms with van der Waals surface area (Å²) in [6.07, 6.45) is 7.99. The Morgan fingerprint density at radius 2 is 2.10 bits per heavy atom. The summed E-state index contributed by atoms with van der Waals surface area (Å²) in [6, 6.07) is 0.708. The Morgan fingerprint density at radius 1 is 1.20 bits per heavy atom. The van der Waals surface area contributed by atoms with Crippen molar-refractivity contribution in [2.75, 3.05) is 25.2 Å². The molecule has 110 valence electrons. The highest BCUT2D eigenvalue weighted by atomic mass is 16.5. The molecule has 2 atom stereocenters. The quantitative estimate of drug-likeness (QED) is 0.827. The Labute approximate surface area is 120 Å². The van der Waals surface area contributed by atoms with Gasteiger partial charge in [0, 0.05) is 25.6 Å². The molecule has 1 aromatic heterocycles. The highest BCUT2D eigenvalue weighted by Crippen LogP contribution is 2.41. The van der Waals surface area contributed by atoms with Gasteiger partial charge in [0.25, 0.3) is 0 Å². The van der Waals surface area contributed by atoms with Crippen molar-refractivity contribution in [1.82, 2.24) is 14.8 Å². The Balaban J connectivity index is 1.62. The number of ether oxygens (including phenoxy) is 1. The van der Waals surface area contributed by atoms with Crippen molar-refractivity contribution in [2.24, 2.45) is 5.92 Å². The molecule has 3 aliphatic rings. The second kappa shape index (κ2) is 5.02. The lowest BCUT2D eigenvalue weighted by Crippen LogP contribution is -2.34. The number of aromatic nitrogens is 3. The number of hydrogen-bond acceptors (Lipinski definition) is 4. The molecule has 20 heavy (non-hydrogen) atoms. The second-order valence-corrected chi connectivity index (χ2v) is 6.62. The first-order valence-corrected chi connectivity index (χ1v) is 8.05. The number of hydrogen-bond donors (Lipinski definition) is 0. The fourth-order valence-corrected chi connectivity index (χ4v) is 4.05. The van der Waals surface area contributed by atoms with Crippen LogP contribution in [0.15, 0.2) is 0 Å². The number of fused-ring (bicyclic) bond motifs is 2. The molecule has 0 amide bonds. The van der Waals surface area contributed by atoms with Crippen LogP contribution in [0.4, 0.5) is 5.95 Å². The van der Waals surface area contributed by atoms with E-state index in [1.165, 1.54) is 50.9 Å². The van der Waals surface area contributed by atoms with E-state index in [-0.39, 0.29) is 0 Å². The van der Waals surface area contributed by atoms with Crippen LogP contribution < -0.4 is 4.90 Å². The van der Waals surface area contributed by atoms with Gasteiger partial charge >= 0.3 is 0 Å². The number of nitrogens with zero attached hydrogens (tertiary/aromatic N) is 4. The van der Waals surface area contributed by atoms with E-state index >= 15 is 0 Å². The zero-order chi connectivity index (χ0) is 13.5. The predicted octanol–water partition coefficient (Wildman–Crippen LogP) is 2.18. The van der Waals surface area contributed by atoms with Crippen molar-refractivity contribution in [1.29, 1.82) is 0 Å². The summed E-state index contributed by atoms with van der Waals surface area (Å²) >= 11 is 0. The molecule has 1 saturated heterocycles. The fraction of sp³-hybridized carbons (Fsp3) is 0.867. The van der Waals surface area contributed by atoms with Crippen LogP contribution in [0.1, 0.15) is 50.3 Å². The van der Waals surface area contributed by atoms with Gasteiger partial charge in [-0.15, -0.1) is 10.2 Å². The molecule has 0 radical (unpaired) electrons. The summed E-state index contributed by atoms with van der Waals surface area (Å²) < 4.78 is 7.63. The lowest BCUT2D eigenvalue weighted by atomic mass is 9.85. The third-order valence-corrected chi connectivity index (χ3v) is 5.42. The topological polar surface area (TPSA) is 43.2 Å². The molecule has 5 nitrogen and oxygen atoms in total. The Morgan fingerprint density at radius 3 is 2.70 bits per heavy atom. The van der Waals surface area contributed by atoms with Gasteiger partial charge in [0.2, 0.25) is 5.95 Å². The smallest absolute Gasteiger partial charge is 0.227 e. The molecule has 2 heterocycles. The van der Waals surface area contributed by atoms with Gasteiger partial charge in [-0.2, -0.15) is 0 Å². The van der Waals surface area contributed by atoms with Gasteiger partial charge in [-0.1, -0.05) is 6.42 Å². The van der Waals surface area contributed by atoms with Crippen molar-refractivity contribution in [3.8, 4) is 0 Å². The van der Waals surface area contributed by atoms with Gasteiger partial charge in [0.05, 0.1) is 13.2 Å². The number of anilines is 1. The molecule has 0 aromatic carbocycles. The zero-order valence-corrected chi connectivity index (χ0v) is 12.3. The maximum absolute atomic E-state index is 5.29. The predicted molar refractivity (Wildman–Crippen MR) is 77.0 cm³/mol. The van der Waals surface area contributed by atoms with E-state index in [9.17, 15) is 0 Å². The first-order chi connectivity index (χ1) is 9.86. The third kappa shape index (κ3) is 1.94. The maximum atomic E-state index is 5.29. The molecule has 2 bridgehead atoms. The summed E-state index contributed by atoms with van der Waals surface area (Å²) in [7, 11) is 1.77. The fourth-order valence-electron chi connectivity index (χ4n) is 4.05. The molecule has 0 N–H and O–H groups in total. The first-order valence-electron chi connectivity index (χ1n) is 8.05. The standard InChI is InChI=1S/C15H24N4O/c1-20-8-7-18-14(12-3-2-4-12)16-17-15(18)19-10-11-5-6-13(19)9-11/h11-13H,2-10H2,1H3. The SMILES string of the molecule is COCCn1c(C2CCC2)nnc1N1CC2CCC1C2.